The lowest BCUT2D eigenvalue weighted by Gasteiger charge is -2.25. The number of hydrogen-bond donors (Lipinski definition) is 1. The molecule has 1 N–H and O–H groups in total. The minimum absolute atomic E-state index is 0.289. The van der Waals surface area contributed by atoms with E-state index >= 15 is 0 Å². The summed E-state index contributed by atoms with van der Waals surface area (Å²) in [5, 5.41) is 2.81. The first kappa shape index (κ1) is 12.4. The van der Waals surface area contributed by atoms with Crippen molar-refractivity contribution in [2.45, 2.75) is 18.6 Å². The van der Waals surface area contributed by atoms with Crippen LogP contribution in [0.25, 0.3) is 0 Å². The first-order valence-corrected chi connectivity index (χ1v) is 7.44. The number of benzene rings is 1. The number of sulfonamides is 1. The molecule has 1 aliphatic heterocycles. The van der Waals surface area contributed by atoms with Gasteiger partial charge in [0.15, 0.2) is 0 Å². The predicted molar refractivity (Wildman–Crippen MR) is 69.7 cm³/mol. The molecule has 17 heavy (non-hydrogen) atoms. The normalized spacial score (nSPS) is 20.4. The molecule has 1 aromatic rings. The first-order chi connectivity index (χ1) is 8.16. The zero-order valence-corrected chi connectivity index (χ0v) is 10.8. The minimum atomic E-state index is -3.23. The molecular formula is C12H18N2O2S. The van der Waals surface area contributed by atoms with E-state index in [1.807, 2.05) is 37.3 Å². The van der Waals surface area contributed by atoms with Crippen molar-refractivity contribution >= 4 is 15.7 Å². The molecule has 1 saturated heterocycles. The van der Waals surface area contributed by atoms with Crippen molar-refractivity contribution in [2.75, 3.05) is 23.9 Å². The van der Waals surface area contributed by atoms with E-state index in [0.29, 0.717) is 19.5 Å². The lowest BCUT2D eigenvalue weighted by atomic mass is 10.3. The molecule has 1 atom stereocenters. The summed E-state index contributed by atoms with van der Waals surface area (Å²) in [6, 6.07) is 9.29. The molecule has 0 spiro atoms. The first-order valence-electron chi connectivity index (χ1n) is 5.93. The van der Waals surface area contributed by atoms with Crippen LogP contribution in [0.5, 0.6) is 0 Å². The topological polar surface area (TPSA) is 49.4 Å². The van der Waals surface area contributed by atoms with Crippen LogP contribution >= 0.6 is 0 Å². The van der Waals surface area contributed by atoms with E-state index in [4.69, 9.17) is 0 Å². The summed E-state index contributed by atoms with van der Waals surface area (Å²) in [5.41, 5.74) is 0.752. The van der Waals surface area contributed by atoms with Gasteiger partial charge in [-0.15, -0.1) is 0 Å². The van der Waals surface area contributed by atoms with Crippen LogP contribution in [0.4, 0.5) is 5.69 Å². The molecule has 5 heteroatoms. The third kappa shape index (κ3) is 2.45. The molecule has 0 radical (unpaired) electrons. The third-order valence-electron chi connectivity index (χ3n) is 3.07. The van der Waals surface area contributed by atoms with Gasteiger partial charge in [-0.05, 0) is 32.0 Å². The van der Waals surface area contributed by atoms with Crippen molar-refractivity contribution in [3.05, 3.63) is 30.3 Å². The van der Waals surface area contributed by atoms with Gasteiger partial charge in [-0.1, -0.05) is 18.2 Å². The predicted octanol–water partition coefficient (Wildman–Crippen LogP) is 1.20. The molecule has 1 fully saturated rings. The Morgan fingerprint density at radius 3 is 2.59 bits per heavy atom. The average molecular weight is 254 g/mol. The molecule has 1 heterocycles. The highest BCUT2D eigenvalue weighted by atomic mass is 32.2. The standard InChI is InChI=1S/C12H18N2O2S/c1-2-14(11-6-4-3-5-7-11)17(15,16)12-8-9-13-10-12/h3-7,12-13H,2,8-10H2,1H3. The highest BCUT2D eigenvalue weighted by Gasteiger charge is 2.33. The van der Waals surface area contributed by atoms with E-state index in [1.165, 1.54) is 4.31 Å². The summed E-state index contributed by atoms with van der Waals surface area (Å²) in [6.07, 6.45) is 0.700. The minimum Gasteiger partial charge on any atom is -0.315 e. The van der Waals surface area contributed by atoms with Crippen molar-refractivity contribution in [1.29, 1.82) is 0 Å². The molecule has 0 aliphatic carbocycles. The Kier molecular flexibility index (Phi) is 3.69. The van der Waals surface area contributed by atoms with Gasteiger partial charge in [0.05, 0.1) is 10.9 Å². The summed E-state index contributed by atoms with van der Waals surface area (Å²) < 4.78 is 26.4. The number of hydrogen-bond acceptors (Lipinski definition) is 3. The van der Waals surface area contributed by atoms with E-state index in [1.54, 1.807) is 0 Å². The highest BCUT2D eigenvalue weighted by Crippen LogP contribution is 2.22. The van der Waals surface area contributed by atoms with Gasteiger partial charge in [-0.2, -0.15) is 0 Å². The van der Waals surface area contributed by atoms with Crippen molar-refractivity contribution in [2.24, 2.45) is 0 Å². The van der Waals surface area contributed by atoms with Gasteiger partial charge in [-0.3, -0.25) is 4.31 Å². The molecule has 0 amide bonds. The molecule has 0 aromatic heterocycles. The van der Waals surface area contributed by atoms with Crippen LogP contribution in [0.1, 0.15) is 13.3 Å². The summed E-state index contributed by atoms with van der Waals surface area (Å²) in [5.74, 6) is 0. The largest absolute Gasteiger partial charge is 0.315 e. The monoisotopic (exact) mass is 254 g/mol. The number of rotatable bonds is 4. The van der Waals surface area contributed by atoms with Crippen molar-refractivity contribution in [3.63, 3.8) is 0 Å². The van der Waals surface area contributed by atoms with E-state index in [0.717, 1.165) is 12.2 Å². The lowest BCUT2D eigenvalue weighted by molar-refractivity contribution is 0.578. The Labute approximate surface area is 103 Å². The van der Waals surface area contributed by atoms with E-state index in [9.17, 15) is 8.42 Å². The fourth-order valence-corrected chi connectivity index (χ4v) is 4.05. The Morgan fingerprint density at radius 2 is 2.06 bits per heavy atom. The molecule has 4 nitrogen and oxygen atoms in total. The van der Waals surface area contributed by atoms with Crippen molar-refractivity contribution in [1.82, 2.24) is 5.32 Å². The Balaban J connectivity index is 2.29. The van der Waals surface area contributed by atoms with Gasteiger partial charge in [0, 0.05) is 13.1 Å². The number of para-hydroxylation sites is 1. The zero-order valence-electron chi connectivity index (χ0n) is 9.96. The molecule has 1 aliphatic rings. The fraction of sp³-hybridized carbons (Fsp3) is 0.500. The number of anilines is 1. The molecule has 1 unspecified atom stereocenters. The van der Waals surface area contributed by atoms with Crippen LogP contribution in [-0.2, 0) is 10.0 Å². The van der Waals surface area contributed by atoms with Crippen LogP contribution in [-0.4, -0.2) is 33.3 Å². The van der Waals surface area contributed by atoms with E-state index in [-0.39, 0.29) is 5.25 Å². The maximum absolute atomic E-state index is 12.5. The van der Waals surface area contributed by atoms with Gasteiger partial charge >= 0.3 is 0 Å². The summed E-state index contributed by atoms with van der Waals surface area (Å²) in [4.78, 5) is 0. The van der Waals surface area contributed by atoms with Crippen LogP contribution in [0.15, 0.2) is 30.3 Å². The summed E-state index contributed by atoms with van der Waals surface area (Å²) in [7, 11) is -3.23. The van der Waals surface area contributed by atoms with Crippen LogP contribution < -0.4 is 9.62 Å². The second kappa shape index (κ2) is 5.06. The fourth-order valence-electron chi connectivity index (χ4n) is 2.17. The molecule has 0 saturated carbocycles. The van der Waals surface area contributed by atoms with Crippen molar-refractivity contribution in [3.8, 4) is 0 Å². The van der Waals surface area contributed by atoms with Crippen LogP contribution in [0.3, 0.4) is 0 Å². The molecule has 0 bridgehead atoms. The highest BCUT2D eigenvalue weighted by molar-refractivity contribution is 7.93. The smallest absolute Gasteiger partial charge is 0.239 e. The number of nitrogens with one attached hydrogen (secondary N) is 1. The SMILES string of the molecule is CCN(c1ccccc1)S(=O)(=O)C1CCNC1. The molecule has 1 aromatic carbocycles. The van der Waals surface area contributed by atoms with Gasteiger partial charge in [0.2, 0.25) is 10.0 Å². The Morgan fingerprint density at radius 1 is 1.35 bits per heavy atom. The van der Waals surface area contributed by atoms with Gasteiger partial charge in [0.1, 0.15) is 0 Å². The Hall–Kier alpha value is -1.07. The number of nitrogens with zero attached hydrogens (tertiary/aromatic N) is 1. The second-order valence-corrected chi connectivity index (χ2v) is 6.30. The quantitative estimate of drug-likeness (QED) is 0.878. The molecule has 2 rings (SSSR count). The summed E-state index contributed by atoms with van der Waals surface area (Å²) in [6.45, 7) is 3.69. The van der Waals surface area contributed by atoms with Gasteiger partial charge in [0.25, 0.3) is 0 Å². The van der Waals surface area contributed by atoms with Crippen LogP contribution in [0.2, 0.25) is 0 Å². The molecular weight excluding hydrogens is 236 g/mol. The third-order valence-corrected chi connectivity index (χ3v) is 5.40. The maximum atomic E-state index is 12.5. The van der Waals surface area contributed by atoms with E-state index in [2.05, 4.69) is 5.32 Å². The zero-order chi connectivity index (χ0) is 12.3. The van der Waals surface area contributed by atoms with Gasteiger partial charge < -0.3 is 5.32 Å². The second-order valence-electron chi connectivity index (χ2n) is 4.16. The lowest BCUT2D eigenvalue weighted by Crippen LogP contribution is -2.39. The van der Waals surface area contributed by atoms with E-state index < -0.39 is 10.0 Å². The Bertz CT molecular complexity index is 453. The van der Waals surface area contributed by atoms with Crippen molar-refractivity contribution < 1.29 is 8.42 Å². The molecule has 94 valence electrons. The maximum Gasteiger partial charge on any atom is 0.239 e. The van der Waals surface area contributed by atoms with Gasteiger partial charge in [-0.25, -0.2) is 8.42 Å². The van der Waals surface area contributed by atoms with Crippen LogP contribution in [0, 0.1) is 0 Å². The summed E-state index contributed by atoms with van der Waals surface area (Å²) >= 11 is 0. The average Bonchev–Trinajstić information content (AvgIpc) is 2.85.